The molecule has 0 atom stereocenters. The van der Waals surface area contributed by atoms with Gasteiger partial charge in [0.15, 0.2) is 6.61 Å². The summed E-state index contributed by atoms with van der Waals surface area (Å²) in [5.41, 5.74) is 0.176. The summed E-state index contributed by atoms with van der Waals surface area (Å²) in [6, 6.07) is 4.72. The van der Waals surface area contributed by atoms with Crippen LogP contribution in [0.15, 0.2) is 24.4 Å². The van der Waals surface area contributed by atoms with Gasteiger partial charge < -0.3 is 9.57 Å². The van der Waals surface area contributed by atoms with Crippen LogP contribution in [-0.4, -0.2) is 46.7 Å². The Kier molecular flexibility index (Phi) is 6.07. The summed E-state index contributed by atoms with van der Waals surface area (Å²) >= 11 is 0. The first-order valence-corrected chi connectivity index (χ1v) is 9.64. The molecule has 1 aromatic carbocycles. The summed E-state index contributed by atoms with van der Waals surface area (Å²) < 4.78 is 43.5. The number of hydrogen-bond donors (Lipinski definition) is 0. The van der Waals surface area contributed by atoms with E-state index < -0.39 is 18.2 Å². The van der Waals surface area contributed by atoms with Gasteiger partial charge in [-0.05, 0) is 57.7 Å². The second-order valence-corrected chi connectivity index (χ2v) is 8.48. The van der Waals surface area contributed by atoms with Crippen molar-refractivity contribution in [2.75, 3.05) is 19.7 Å². The highest BCUT2D eigenvalue weighted by molar-refractivity contribution is 5.79. The van der Waals surface area contributed by atoms with Crippen LogP contribution in [0, 0.1) is 11.3 Å². The van der Waals surface area contributed by atoms with Crippen molar-refractivity contribution in [3.05, 3.63) is 24.4 Å². The number of carbonyl (C=O) groups is 1. The Morgan fingerprint density at radius 1 is 1.21 bits per heavy atom. The van der Waals surface area contributed by atoms with E-state index in [0.717, 1.165) is 18.2 Å². The molecule has 9 heteroatoms. The predicted octanol–water partition coefficient (Wildman–Crippen LogP) is 4.19. The van der Waals surface area contributed by atoms with Gasteiger partial charge in [0, 0.05) is 31.2 Å². The van der Waals surface area contributed by atoms with E-state index in [4.69, 9.17) is 9.57 Å². The van der Waals surface area contributed by atoms with E-state index in [-0.39, 0.29) is 11.7 Å². The van der Waals surface area contributed by atoms with Gasteiger partial charge in [-0.3, -0.25) is 4.68 Å². The lowest BCUT2D eigenvalue weighted by Gasteiger charge is -2.32. The highest BCUT2D eigenvalue weighted by Gasteiger charge is 2.29. The lowest BCUT2D eigenvalue weighted by atomic mass is 9.97. The van der Waals surface area contributed by atoms with Crippen molar-refractivity contribution in [3.8, 4) is 5.75 Å². The number of fused-ring (bicyclic) bond motifs is 1. The van der Waals surface area contributed by atoms with Gasteiger partial charge in [-0.25, -0.2) is 4.79 Å². The second-order valence-electron chi connectivity index (χ2n) is 8.48. The fraction of sp³-hybridized carbons (Fsp3) is 0.600. The van der Waals surface area contributed by atoms with E-state index in [1.54, 1.807) is 17.2 Å². The van der Waals surface area contributed by atoms with Crippen molar-refractivity contribution < 1.29 is 27.5 Å². The molecule has 0 N–H and O–H groups in total. The van der Waals surface area contributed by atoms with Crippen LogP contribution in [0.4, 0.5) is 13.2 Å². The third kappa shape index (κ3) is 6.09. The number of halogens is 3. The van der Waals surface area contributed by atoms with E-state index in [2.05, 4.69) is 5.10 Å². The highest BCUT2D eigenvalue weighted by Crippen LogP contribution is 2.25. The lowest BCUT2D eigenvalue weighted by molar-refractivity contribution is -0.206. The van der Waals surface area contributed by atoms with E-state index in [1.807, 2.05) is 31.6 Å². The molecule has 1 fully saturated rings. The maximum absolute atomic E-state index is 12.3. The van der Waals surface area contributed by atoms with Crippen LogP contribution >= 0.6 is 0 Å². The van der Waals surface area contributed by atoms with Gasteiger partial charge in [0.1, 0.15) is 5.75 Å². The van der Waals surface area contributed by atoms with Crippen molar-refractivity contribution >= 4 is 16.9 Å². The van der Waals surface area contributed by atoms with Gasteiger partial charge in [0.05, 0.1) is 10.9 Å². The minimum atomic E-state index is -4.37. The number of benzene rings is 1. The summed E-state index contributed by atoms with van der Waals surface area (Å²) in [7, 11) is 0. The Hall–Kier alpha value is -2.29. The van der Waals surface area contributed by atoms with Gasteiger partial charge in [-0.15, -0.1) is 5.06 Å². The molecule has 29 heavy (non-hydrogen) atoms. The summed E-state index contributed by atoms with van der Waals surface area (Å²) in [5, 5.41) is 6.95. The summed E-state index contributed by atoms with van der Waals surface area (Å²) in [5.74, 6) is 0.316. The van der Waals surface area contributed by atoms with Crippen LogP contribution in [0.2, 0.25) is 0 Å². The Morgan fingerprint density at radius 2 is 1.90 bits per heavy atom. The molecule has 1 aliphatic rings. The summed E-state index contributed by atoms with van der Waals surface area (Å²) in [4.78, 5) is 17.4. The average molecular weight is 413 g/mol. The molecular weight excluding hydrogens is 387 g/mol. The molecule has 6 nitrogen and oxygen atoms in total. The minimum absolute atomic E-state index is 0.170. The molecular formula is C20H26F3N3O3. The van der Waals surface area contributed by atoms with Crippen LogP contribution in [0.5, 0.6) is 5.75 Å². The van der Waals surface area contributed by atoms with Crippen molar-refractivity contribution in [1.82, 2.24) is 14.8 Å². The van der Waals surface area contributed by atoms with E-state index in [0.29, 0.717) is 31.1 Å². The Bertz CT molecular complexity index is 850. The molecule has 0 saturated carbocycles. The molecule has 1 aliphatic heterocycles. The van der Waals surface area contributed by atoms with Gasteiger partial charge in [0.25, 0.3) is 0 Å². The smallest absolute Gasteiger partial charge is 0.422 e. The number of hydrogen-bond acceptors (Lipinski definition) is 5. The van der Waals surface area contributed by atoms with Crippen LogP contribution in [0.3, 0.4) is 0 Å². The van der Waals surface area contributed by atoms with Gasteiger partial charge >= 0.3 is 12.1 Å². The lowest BCUT2D eigenvalue weighted by Crippen LogP contribution is -2.39. The SMILES string of the molecule is CC(C)(C)C(=O)ON1CCC(Cn2cc3cc(OCC(F)(F)F)ccc3n2)CC1. The summed E-state index contributed by atoms with van der Waals surface area (Å²) in [6.45, 7) is 6.20. The van der Waals surface area contributed by atoms with Crippen LogP contribution in [0.25, 0.3) is 10.9 Å². The first-order chi connectivity index (χ1) is 13.5. The number of piperidine rings is 1. The standard InChI is InChI=1S/C20H26F3N3O3/c1-19(2,3)18(27)29-26-8-6-14(7-9-26)11-25-12-15-10-16(4-5-17(15)24-25)28-13-20(21,22)23/h4-5,10,12,14H,6-9,11,13H2,1-3H3. The number of nitrogens with zero attached hydrogens (tertiary/aromatic N) is 3. The van der Waals surface area contributed by atoms with Crippen LogP contribution in [0.1, 0.15) is 33.6 Å². The Labute approximate surface area is 167 Å². The van der Waals surface area contributed by atoms with Crippen molar-refractivity contribution in [2.45, 2.75) is 46.3 Å². The molecule has 2 heterocycles. The molecule has 2 aromatic rings. The van der Waals surface area contributed by atoms with Gasteiger partial charge in [0.2, 0.25) is 0 Å². The molecule has 0 aliphatic carbocycles. The van der Waals surface area contributed by atoms with E-state index in [1.165, 1.54) is 6.07 Å². The maximum Gasteiger partial charge on any atom is 0.422 e. The van der Waals surface area contributed by atoms with Gasteiger partial charge in [-0.2, -0.15) is 18.3 Å². The van der Waals surface area contributed by atoms with E-state index in [9.17, 15) is 18.0 Å². The summed E-state index contributed by atoms with van der Waals surface area (Å²) in [6.07, 6.45) is -0.807. The number of hydroxylamine groups is 2. The molecule has 0 bridgehead atoms. The molecule has 160 valence electrons. The number of alkyl halides is 3. The molecule has 3 rings (SSSR count). The fourth-order valence-corrected chi connectivity index (χ4v) is 3.11. The normalized spacial score (nSPS) is 16.9. The molecule has 0 spiro atoms. The quantitative estimate of drug-likeness (QED) is 0.736. The van der Waals surface area contributed by atoms with Crippen molar-refractivity contribution in [2.24, 2.45) is 11.3 Å². The van der Waals surface area contributed by atoms with Gasteiger partial charge in [-0.1, -0.05) is 0 Å². The molecule has 1 aromatic heterocycles. The zero-order valence-corrected chi connectivity index (χ0v) is 16.8. The zero-order valence-electron chi connectivity index (χ0n) is 16.8. The van der Waals surface area contributed by atoms with Crippen LogP contribution in [-0.2, 0) is 16.2 Å². The Balaban J connectivity index is 1.54. The monoisotopic (exact) mass is 413 g/mol. The first kappa shape index (κ1) is 21.4. The van der Waals surface area contributed by atoms with Crippen LogP contribution < -0.4 is 4.74 Å². The molecule has 0 radical (unpaired) electrons. The Morgan fingerprint density at radius 3 is 2.52 bits per heavy atom. The third-order valence-corrected chi connectivity index (χ3v) is 4.77. The topological polar surface area (TPSA) is 56.6 Å². The predicted molar refractivity (Wildman–Crippen MR) is 101 cm³/mol. The number of ether oxygens (including phenoxy) is 1. The largest absolute Gasteiger partial charge is 0.484 e. The van der Waals surface area contributed by atoms with E-state index >= 15 is 0 Å². The second kappa shape index (κ2) is 8.22. The maximum atomic E-state index is 12.3. The number of carbonyl (C=O) groups excluding carboxylic acids is 1. The number of aromatic nitrogens is 2. The minimum Gasteiger partial charge on any atom is -0.484 e. The molecule has 0 unspecified atom stereocenters. The molecule has 1 saturated heterocycles. The third-order valence-electron chi connectivity index (χ3n) is 4.77. The van der Waals surface area contributed by atoms with Crippen molar-refractivity contribution in [3.63, 3.8) is 0 Å². The first-order valence-electron chi connectivity index (χ1n) is 9.64. The highest BCUT2D eigenvalue weighted by atomic mass is 19.4. The molecule has 0 amide bonds. The fourth-order valence-electron chi connectivity index (χ4n) is 3.11. The number of rotatable bonds is 5. The average Bonchev–Trinajstić information content (AvgIpc) is 3.01. The zero-order chi connectivity index (χ0) is 21.2. The van der Waals surface area contributed by atoms with Crippen molar-refractivity contribution in [1.29, 1.82) is 0 Å².